The molecule has 0 aliphatic heterocycles. The van der Waals surface area contributed by atoms with Crippen LogP contribution in [0.5, 0.6) is 5.75 Å². The van der Waals surface area contributed by atoms with Gasteiger partial charge in [-0.2, -0.15) is 0 Å². The third-order valence-electron chi connectivity index (χ3n) is 3.96. The van der Waals surface area contributed by atoms with Crippen LogP contribution in [0.1, 0.15) is 17.7 Å². The molecule has 5 nitrogen and oxygen atoms in total. The van der Waals surface area contributed by atoms with E-state index in [0.717, 1.165) is 29.1 Å². The molecular formula is C20H24N2O3. The Morgan fingerprint density at radius 1 is 1.36 bits per heavy atom. The van der Waals surface area contributed by atoms with Gasteiger partial charge in [-0.15, -0.1) is 6.58 Å². The van der Waals surface area contributed by atoms with Crippen LogP contribution in [0.3, 0.4) is 0 Å². The van der Waals surface area contributed by atoms with Crippen molar-refractivity contribution < 1.29 is 14.6 Å². The summed E-state index contributed by atoms with van der Waals surface area (Å²) in [5.74, 6) is -0.0761. The van der Waals surface area contributed by atoms with Crippen molar-refractivity contribution in [3.8, 4) is 5.75 Å². The molecule has 0 aliphatic rings. The van der Waals surface area contributed by atoms with Crippen LogP contribution in [0.2, 0.25) is 0 Å². The van der Waals surface area contributed by atoms with Gasteiger partial charge >= 0.3 is 5.97 Å². The molecule has 5 heteroatoms. The number of carboxylic acids is 1. The minimum absolute atomic E-state index is 0.0617. The molecule has 0 saturated heterocycles. The van der Waals surface area contributed by atoms with E-state index in [4.69, 9.17) is 9.84 Å². The number of rotatable bonds is 10. The van der Waals surface area contributed by atoms with E-state index >= 15 is 0 Å². The van der Waals surface area contributed by atoms with Crippen LogP contribution in [0.4, 0.5) is 5.69 Å². The van der Waals surface area contributed by atoms with E-state index in [1.165, 1.54) is 0 Å². The Labute approximate surface area is 148 Å². The maximum absolute atomic E-state index is 10.8. The van der Waals surface area contributed by atoms with Crippen LogP contribution in [0.15, 0.2) is 55.3 Å². The summed E-state index contributed by atoms with van der Waals surface area (Å²) in [6, 6.07) is 11.6. The number of anilines is 1. The van der Waals surface area contributed by atoms with Crippen LogP contribution in [-0.2, 0) is 17.6 Å². The maximum Gasteiger partial charge on any atom is 0.303 e. The van der Waals surface area contributed by atoms with Crippen LogP contribution < -0.4 is 10.1 Å². The molecule has 1 atom stereocenters. The molecule has 0 saturated carbocycles. The Balaban J connectivity index is 1.85. The fourth-order valence-electron chi connectivity index (χ4n) is 2.62. The quantitative estimate of drug-likeness (QED) is 0.647. The molecule has 1 aromatic carbocycles. The molecule has 0 spiro atoms. The van der Waals surface area contributed by atoms with Gasteiger partial charge in [0.05, 0.1) is 24.4 Å². The monoisotopic (exact) mass is 340 g/mol. The number of nitrogens with one attached hydrogen (secondary N) is 1. The van der Waals surface area contributed by atoms with Gasteiger partial charge in [0.15, 0.2) is 0 Å². The van der Waals surface area contributed by atoms with Gasteiger partial charge in [-0.05, 0) is 42.2 Å². The zero-order valence-corrected chi connectivity index (χ0v) is 14.4. The lowest BCUT2D eigenvalue weighted by molar-refractivity contribution is -0.137. The number of aliphatic carboxylic acids is 1. The van der Waals surface area contributed by atoms with Gasteiger partial charge in [0, 0.05) is 19.7 Å². The first-order chi connectivity index (χ1) is 12.1. The van der Waals surface area contributed by atoms with Crippen LogP contribution in [0, 0.1) is 5.92 Å². The Bertz CT molecular complexity index is 698. The highest BCUT2D eigenvalue weighted by molar-refractivity contribution is 5.67. The average Bonchev–Trinajstić information content (AvgIpc) is 2.62. The first kappa shape index (κ1) is 18.5. The summed E-state index contributed by atoms with van der Waals surface area (Å²) in [5, 5.41) is 12.0. The number of allylic oxidation sites excluding steroid dienone is 1. The van der Waals surface area contributed by atoms with Crippen molar-refractivity contribution in [2.45, 2.75) is 19.3 Å². The molecule has 25 heavy (non-hydrogen) atoms. The zero-order chi connectivity index (χ0) is 18.1. The van der Waals surface area contributed by atoms with Gasteiger partial charge < -0.3 is 15.2 Å². The van der Waals surface area contributed by atoms with E-state index in [2.05, 4.69) is 16.9 Å². The van der Waals surface area contributed by atoms with E-state index in [-0.39, 0.29) is 12.3 Å². The summed E-state index contributed by atoms with van der Waals surface area (Å²) in [6.07, 6.45) is 4.95. The molecule has 2 rings (SSSR count). The molecule has 2 aromatic rings. The molecule has 0 bridgehead atoms. The number of nitrogens with zero attached hydrogens (tertiary/aromatic N) is 1. The molecular weight excluding hydrogens is 316 g/mol. The number of hydrogen-bond donors (Lipinski definition) is 2. The molecule has 0 radical (unpaired) electrons. The molecule has 0 amide bonds. The van der Waals surface area contributed by atoms with E-state index < -0.39 is 5.97 Å². The first-order valence-corrected chi connectivity index (χ1v) is 8.30. The molecule has 1 aromatic heterocycles. The number of aromatic nitrogens is 1. The second-order valence-corrected chi connectivity index (χ2v) is 5.79. The Kier molecular flexibility index (Phi) is 7.01. The van der Waals surface area contributed by atoms with Crippen LogP contribution in [-0.4, -0.2) is 29.7 Å². The van der Waals surface area contributed by atoms with Gasteiger partial charge in [0.1, 0.15) is 5.75 Å². The lowest BCUT2D eigenvalue weighted by Gasteiger charge is -2.11. The van der Waals surface area contributed by atoms with Gasteiger partial charge in [-0.1, -0.05) is 18.2 Å². The SMILES string of the molecule is C=CC(CC(=O)O)Cc1ccc(OCCc2ncccc2NC)cc1. The fraction of sp³-hybridized carbons (Fsp3) is 0.300. The highest BCUT2D eigenvalue weighted by Crippen LogP contribution is 2.18. The van der Waals surface area contributed by atoms with Gasteiger partial charge in [-0.3, -0.25) is 9.78 Å². The highest BCUT2D eigenvalue weighted by Gasteiger charge is 2.10. The number of benzene rings is 1. The molecule has 1 heterocycles. The minimum Gasteiger partial charge on any atom is -0.493 e. The summed E-state index contributed by atoms with van der Waals surface area (Å²) in [5.41, 5.74) is 3.06. The largest absolute Gasteiger partial charge is 0.493 e. The Morgan fingerprint density at radius 3 is 2.76 bits per heavy atom. The van der Waals surface area contributed by atoms with E-state index in [1.807, 2.05) is 43.4 Å². The van der Waals surface area contributed by atoms with Gasteiger partial charge in [-0.25, -0.2) is 0 Å². The summed E-state index contributed by atoms with van der Waals surface area (Å²) >= 11 is 0. The topological polar surface area (TPSA) is 71.5 Å². The first-order valence-electron chi connectivity index (χ1n) is 8.30. The van der Waals surface area contributed by atoms with E-state index in [0.29, 0.717) is 13.0 Å². The molecule has 1 unspecified atom stereocenters. The van der Waals surface area contributed by atoms with Gasteiger partial charge in [0.2, 0.25) is 0 Å². The van der Waals surface area contributed by atoms with E-state index in [1.54, 1.807) is 12.3 Å². The van der Waals surface area contributed by atoms with Crippen molar-refractivity contribution in [2.75, 3.05) is 19.0 Å². The van der Waals surface area contributed by atoms with Crippen molar-refractivity contribution in [3.05, 3.63) is 66.5 Å². The van der Waals surface area contributed by atoms with Crippen LogP contribution >= 0.6 is 0 Å². The number of hydrogen-bond acceptors (Lipinski definition) is 4. The molecule has 0 fully saturated rings. The summed E-state index contributed by atoms with van der Waals surface area (Å²) < 4.78 is 5.78. The summed E-state index contributed by atoms with van der Waals surface area (Å²) in [7, 11) is 1.88. The van der Waals surface area contributed by atoms with Crippen molar-refractivity contribution >= 4 is 11.7 Å². The second kappa shape index (κ2) is 9.47. The fourth-order valence-corrected chi connectivity index (χ4v) is 2.62. The average molecular weight is 340 g/mol. The Morgan fingerprint density at radius 2 is 2.12 bits per heavy atom. The summed E-state index contributed by atoms with van der Waals surface area (Å²) in [6.45, 7) is 4.25. The second-order valence-electron chi connectivity index (χ2n) is 5.79. The predicted octanol–water partition coefficient (Wildman–Crippen LogP) is 3.56. The normalized spacial score (nSPS) is 11.6. The number of carboxylic acid groups (broad SMARTS) is 1. The standard InChI is InChI=1S/C20H24N2O3/c1-3-15(14-20(23)24)13-16-6-8-17(9-7-16)25-12-10-19-18(21-2)5-4-11-22-19/h3-9,11,15,21H,1,10,12-14H2,2H3,(H,23,24). The smallest absolute Gasteiger partial charge is 0.303 e. The molecule has 2 N–H and O–H groups in total. The van der Waals surface area contributed by atoms with Gasteiger partial charge in [0.25, 0.3) is 0 Å². The third-order valence-corrected chi connectivity index (χ3v) is 3.96. The number of pyridine rings is 1. The number of ether oxygens (including phenoxy) is 1. The third kappa shape index (κ3) is 5.95. The molecule has 0 aliphatic carbocycles. The highest BCUT2D eigenvalue weighted by atomic mass is 16.5. The number of carbonyl (C=O) groups is 1. The van der Waals surface area contributed by atoms with Crippen molar-refractivity contribution in [1.29, 1.82) is 0 Å². The Hall–Kier alpha value is -2.82. The van der Waals surface area contributed by atoms with Crippen molar-refractivity contribution in [1.82, 2.24) is 4.98 Å². The summed E-state index contributed by atoms with van der Waals surface area (Å²) in [4.78, 5) is 15.2. The van der Waals surface area contributed by atoms with Crippen LogP contribution in [0.25, 0.3) is 0 Å². The van der Waals surface area contributed by atoms with E-state index in [9.17, 15) is 4.79 Å². The lowest BCUT2D eigenvalue weighted by atomic mass is 9.96. The minimum atomic E-state index is -0.805. The van der Waals surface area contributed by atoms with Crippen molar-refractivity contribution in [3.63, 3.8) is 0 Å². The zero-order valence-electron chi connectivity index (χ0n) is 14.4. The predicted molar refractivity (Wildman–Crippen MR) is 99.1 cm³/mol. The van der Waals surface area contributed by atoms with Crippen molar-refractivity contribution in [2.24, 2.45) is 5.92 Å². The maximum atomic E-state index is 10.8. The lowest BCUT2D eigenvalue weighted by Crippen LogP contribution is -2.08. The molecule has 132 valence electrons.